The predicted octanol–water partition coefficient (Wildman–Crippen LogP) is 1.94. The maximum absolute atomic E-state index is 8.52. The van der Waals surface area contributed by atoms with Crippen molar-refractivity contribution in [2.24, 2.45) is 4.99 Å². The first-order valence-electron chi connectivity index (χ1n) is 4.11. The van der Waals surface area contributed by atoms with E-state index in [9.17, 15) is 0 Å². The molecule has 7 heteroatoms. The van der Waals surface area contributed by atoms with Crippen molar-refractivity contribution in [3.8, 4) is 5.88 Å². The van der Waals surface area contributed by atoms with Gasteiger partial charge < -0.3 is 4.89 Å². The summed E-state index contributed by atoms with van der Waals surface area (Å²) >= 11 is 11.5. The zero-order valence-electron chi connectivity index (χ0n) is 7.89. The van der Waals surface area contributed by atoms with Gasteiger partial charge in [-0.3, -0.25) is 4.99 Å². The number of hydrogen-bond donors (Lipinski definition) is 1. The fourth-order valence-corrected chi connectivity index (χ4v) is 1.22. The largest absolute Gasteiger partial charge is 0.317 e. The van der Waals surface area contributed by atoms with E-state index >= 15 is 0 Å². The Hall–Kier alpha value is -0.910. The van der Waals surface area contributed by atoms with Crippen molar-refractivity contribution in [1.82, 2.24) is 10.2 Å². The normalized spacial score (nSPS) is 13.7. The molecular formula is C8H9Cl2N3O2. The molecule has 82 valence electrons. The molecule has 1 rings (SSSR count). The smallest absolute Gasteiger partial charge is 0.284 e. The molecule has 5 nitrogen and oxygen atoms in total. The molecule has 0 saturated heterocycles. The molecule has 1 heterocycles. The molecule has 0 aliphatic carbocycles. The van der Waals surface area contributed by atoms with Gasteiger partial charge in [-0.15, -0.1) is 16.7 Å². The van der Waals surface area contributed by atoms with E-state index in [2.05, 4.69) is 20.1 Å². The molecule has 1 aromatic rings. The van der Waals surface area contributed by atoms with E-state index in [0.717, 1.165) is 0 Å². The van der Waals surface area contributed by atoms with E-state index in [1.807, 2.05) is 6.92 Å². The van der Waals surface area contributed by atoms with E-state index in [-0.39, 0.29) is 17.1 Å². The van der Waals surface area contributed by atoms with Crippen LogP contribution >= 0.6 is 23.2 Å². The van der Waals surface area contributed by atoms with Gasteiger partial charge >= 0.3 is 0 Å². The quantitative estimate of drug-likeness (QED) is 0.383. The lowest BCUT2D eigenvalue weighted by molar-refractivity contribution is -0.142. The number of alkyl halides is 1. The van der Waals surface area contributed by atoms with E-state index in [0.29, 0.717) is 11.4 Å². The molecule has 0 aliphatic rings. The highest BCUT2D eigenvalue weighted by Crippen LogP contribution is 2.16. The minimum atomic E-state index is -0.126. The molecule has 0 aromatic carbocycles. The summed E-state index contributed by atoms with van der Waals surface area (Å²) in [6.07, 6.45) is 1.42. The van der Waals surface area contributed by atoms with E-state index in [4.69, 9.17) is 28.5 Å². The van der Waals surface area contributed by atoms with Crippen LogP contribution in [0.1, 0.15) is 12.5 Å². The van der Waals surface area contributed by atoms with Crippen molar-refractivity contribution in [1.29, 1.82) is 0 Å². The van der Waals surface area contributed by atoms with Crippen LogP contribution in [0.5, 0.6) is 5.88 Å². The molecule has 0 spiro atoms. The summed E-state index contributed by atoms with van der Waals surface area (Å²) in [5.74, 6) is 0.261. The van der Waals surface area contributed by atoms with Crippen LogP contribution in [0.25, 0.3) is 0 Å². The Bertz CT molecular complexity index is 359. The summed E-state index contributed by atoms with van der Waals surface area (Å²) in [6.45, 7) is 1.81. The maximum atomic E-state index is 8.52. The summed E-state index contributed by atoms with van der Waals surface area (Å²) < 4.78 is 0. The summed E-state index contributed by atoms with van der Waals surface area (Å²) in [5, 5.41) is 15.7. The van der Waals surface area contributed by atoms with Crippen molar-refractivity contribution in [2.75, 3.05) is 5.88 Å². The molecule has 0 radical (unpaired) electrons. The van der Waals surface area contributed by atoms with Crippen molar-refractivity contribution < 1.29 is 10.1 Å². The topological polar surface area (TPSA) is 67.6 Å². The summed E-state index contributed by atoms with van der Waals surface area (Å²) in [7, 11) is 0. The number of aliphatic imine (C=N–C) groups is 1. The van der Waals surface area contributed by atoms with Crippen LogP contribution in [-0.2, 0) is 0 Å². The molecule has 1 unspecified atom stereocenters. The zero-order valence-corrected chi connectivity index (χ0v) is 9.40. The fraction of sp³-hybridized carbons (Fsp3) is 0.375. The minimum Gasteiger partial charge on any atom is -0.317 e. The number of nitrogens with zero attached hydrogens (tertiary/aromatic N) is 3. The Morgan fingerprint density at radius 2 is 2.47 bits per heavy atom. The highest BCUT2D eigenvalue weighted by Gasteiger charge is 2.11. The molecular weight excluding hydrogens is 241 g/mol. The van der Waals surface area contributed by atoms with E-state index < -0.39 is 0 Å². The van der Waals surface area contributed by atoms with Crippen LogP contribution < -0.4 is 4.89 Å². The average molecular weight is 250 g/mol. The summed E-state index contributed by atoms with van der Waals surface area (Å²) in [5.41, 5.74) is 0.367. The first-order chi connectivity index (χ1) is 7.19. The third-order valence-electron chi connectivity index (χ3n) is 1.55. The third-order valence-corrected chi connectivity index (χ3v) is 2.30. The van der Waals surface area contributed by atoms with Crippen LogP contribution in [0.15, 0.2) is 17.3 Å². The van der Waals surface area contributed by atoms with Crippen LogP contribution in [0.4, 0.5) is 0 Å². The zero-order chi connectivity index (χ0) is 11.3. The molecule has 0 aliphatic heterocycles. The van der Waals surface area contributed by atoms with Gasteiger partial charge in [0.2, 0.25) is 0 Å². The molecule has 0 fully saturated rings. The molecule has 0 amide bonds. The predicted molar refractivity (Wildman–Crippen MR) is 57.9 cm³/mol. The van der Waals surface area contributed by atoms with Crippen molar-refractivity contribution in [3.63, 3.8) is 0 Å². The summed E-state index contributed by atoms with van der Waals surface area (Å²) in [6, 6.07) is 1.41. The molecule has 1 N–H and O–H groups in total. The van der Waals surface area contributed by atoms with Crippen molar-refractivity contribution in [2.45, 2.75) is 13.0 Å². The highest BCUT2D eigenvalue weighted by molar-refractivity contribution is 6.69. The SMILES string of the molecule is CC(CCl)N=C(Cl)c1ccnnc1OO. The molecule has 1 atom stereocenters. The lowest BCUT2D eigenvalue weighted by atomic mass is 10.3. The first-order valence-corrected chi connectivity index (χ1v) is 5.03. The number of halogens is 2. The Balaban J connectivity index is 2.99. The molecule has 0 bridgehead atoms. The van der Waals surface area contributed by atoms with Gasteiger partial charge in [-0.1, -0.05) is 11.6 Å². The Labute approximate surface area is 96.6 Å². The Morgan fingerprint density at radius 1 is 1.73 bits per heavy atom. The maximum Gasteiger partial charge on any atom is 0.284 e. The monoisotopic (exact) mass is 249 g/mol. The van der Waals surface area contributed by atoms with Gasteiger partial charge in [0.1, 0.15) is 5.17 Å². The van der Waals surface area contributed by atoms with Gasteiger partial charge in [0.15, 0.2) is 0 Å². The second kappa shape index (κ2) is 5.85. The Kier molecular flexibility index (Phi) is 4.74. The van der Waals surface area contributed by atoms with Crippen LogP contribution in [0.3, 0.4) is 0 Å². The van der Waals surface area contributed by atoms with Gasteiger partial charge in [0, 0.05) is 5.88 Å². The van der Waals surface area contributed by atoms with Gasteiger partial charge in [-0.2, -0.15) is 5.10 Å². The second-order valence-electron chi connectivity index (χ2n) is 2.76. The number of hydrogen-bond acceptors (Lipinski definition) is 5. The standard InChI is InChI=1S/C8H9Cl2N3O2/c1-5(4-9)12-7(10)6-2-3-11-13-8(6)15-14/h2-3,5,14H,4H2,1H3. The van der Waals surface area contributed by atoms with Gasteiger partial charge in [-0.25, -0.2) is 5.26 Å². The average Bonchev–Trinajstić information content (AvgIpc) is 2.28. The second-order valence-corrected chi connectivity index (χ2v) is 3.43. The highest BCUT2D eigenvalue weighted by atomic mass is 35.5. The minimum absolute atomic E-state index is 0.0898. The van der Waals surface area contributed by atoms with E-state index in [1.54, 1.807) is 0 Å². The molecule has 0 saturated carbocycles. The lowest BCUT2D eigenvalue weighted by Gasteiger charge is -2.04. The van der Waals surface area contributed by atoms with Crippen LogP contribution in [0.2, 0.25) is 0 Å². The number of aromatic nitrogens is 2. The lowest BCUT2D eigenvalue weighted by Crippen LogP contribution is -2.06. The third kappa shape index (κ3) is 3.30. The number of rotatable bonds is 4. The molecule has 1 aromatic heterocycles. The van der Waals surface area contributed by atoms with E-state index in [1.165, 1.54) is 12.3 Å². The van der Waals surface area contributed by atoms with Gasteiger partial charge in [0.25, 0.3) is 5.88 Å². The fourth-order valence-electron chi connectivity index (χ4n) is 0.841. The van der Waals surface area contributed by atoms with Gasteiger partial charge in [-0.05, 0) is 13.0 Å². The Morgan fingerprint density at radius 3 is 3.07 bits per heavy atom. The van der Waals surface area contributed by atoms with Crippen molar-refractivity contribution >= 4 is 28.4 Å². The van der Waals surface area contributed by atoms with Crippen LogP contribution in [0, 0.1) is 0 Å². The first kappa shape index (κ1) is 12.2. The summed E-state index contributed by atoms with van der Waals surface area (Å²) in [4.78, 5) is 8.08. The molecule has 15 heavy (non-hydrogen) atoms. The van der Waals surface area contributed by atoms with Gasteiger partial charge in [0.05, 0.1) is 17.8 Å². The van der Waals surface area contributed by atoms with Crippen molar-refractivity contribution in [3.05, 3.63) is 17.8 Å². The van der Waals surface area contributed by atoms with Crippen LogP contribution in [-0.4, -0.2) is 32.5 Å².